The van der Waals surface area contributed by atoms with Crippen molar-refractivity contribution in [2.45, 2.75) is 31.4 Å². The summed E-state index contributed by atoms with van der Waals surface area (Å²) in [4.78, 5) is 23.6. The number of carbonyl (C=O) groups is 2. The number of aliphatic carboxylic acids is 1. The maximum absolute atomic E-state index is 11.6. The molecule has 0 bridgehead atoms. The second kappa shape index (κ2) is 4.93. The van der Waals surface area contributed by atoms with Crippen LogP contribution in [0.5, 0.6) is 0 Å². The van der Waals surface area contributed by atoms with Crippen molar-refractivity contribution in [2.24, 2.45) is 0 Å². The summed E-state index contributed by atoms with van der Waals surface area (Å²) >= 11 is 0. The first-order chi connectivity index (χ1) is 7.06. The van der Waals surface area contributed by atoms with Crippen molar-refractivity contribution in [3.8, 4) is 0 Å². The number of likely N-dealkylation sites (tertiary alicyclic amines) is 1. The van der Waals surface area contributed by atoms with Crippen LogP contribution in [0.25, 0.3) is 0 Å². The van der Waals surface area contributed by atoms with Gasteiger partial charge < -0.3 is 15.1 Å². The Labute approximate surface area is 88.0 Å². The molecule has 2 N–H and O–H groups in total. The topological polar surface area (TPSA) is 77.8 Å². The smallest absolute Gasteiger partial charge is 0.326 e. The predicted molar refractivity (Wildman–Crippen MR) is 53.2 cm³/mol. The fraction of sp³-hybridized carbons (Fsp3) is 0.600. The zero-order chi connectivity index (χ0) is 11.4. The molecule has 0 aromatic carbocycles. The Bertz CT molecular complexity index is 277. The van der Waals surface area contributed by atoms with Gasteiger partial charge in [-0.15, -0.1) is 6.58 Å². The third-order valence-corrected chi connectivity index (χ3v) is 2.45. The van der Waals surface area contributed by atoms with Crippen molar-refractivity contribution < 1.29 is 19.8 Å². The van der Waals surface area contributed by atoms with Crippen LogP contribution in [0, 0.1) is 0 Å². The molecule has 84 valence electrons. The molecule has 1 aliphatic rings. The summed E-state index contributed by atoms with van der Waals surface area (Å²) in [5, 5.41) is 18.2. The number of hydrogen-bond acceptors (Lipinski definition) is 3. The van der Waals surface area contributed by atoms with Crippen LogP contribution in [-0.2, 0) is 9.59 Å². The van der Waals surface area contributed by atoms with Crippen LogP contribution in [0.2, 0.25) is 0 Å². The number of carbonyl (C=O) groups excluding carboxylic acids is 1. The van der Waals surface area contributed by atoms with Gasteiger partial charge in [-0.2, -0.15) is 0 Å². The first kappa shape index (κ1) is 11.7. The van der Waals surface area contributed by atoms with E-state index in [9.17, 15) is 14.7 Å². The lowest BCUT2D eigenvalue weighted by Gasteiger charge is -2.20. The Morgan fingerprint density at radius 1 is 1.53 bits per heavy atom. The number of carboxylic acid groups (broad SMARTS) is 1. The number of rotatable bonds is 4. The lowest BCUT2D eigenvalue weighted by molar-refractivity contribution is -0.148. The molecule has 0 aromatic rings. The Morgan fingerprint density at radius 2 is 2.20 bits per heavy atom. The lowest BCUT2D eigenvalue weighted by Crippen LogP contribution is -2.40. The first-order valence-electron chi connectivity index (χ1n) is 4.87. The summed E-state index contributed by atoms with van der Waals surface area (Å²) in [5.41, 5.74) is 0. The molecule has 1 rings (SSSR count). The average Bonchev–Trinajstić information content (AvgIpc) is 2.57. The highest BCUT2D eigenvalue weighted by molar-refractivity contribution is 5.84. The van der Waals surface area contributed by atoms with Gasteiger partial charge in [0.05, 0.1) is 6.10 Å². The molecule has 0 aliphatic carbocycles. The lowest BCUT2D eigenvalue weighted by atomic mass is 10.2. The van der Waals surface area contributed by atoms with Crippen LogP contribution in [-0.4, -0.2) is 45.7 Å². The molecule has 0 aromatic heterocycles. The maximum Gasteiger partial charge on any atom is 0.326 e. The van der Waals surface area contributed by atoms with Gasteiger partial charge >= 0.3 is 5.97 Å². The second-order valence-corrected chi connectivity index (χ2v) is 3.62. The average molecular weight is 213 g/mol. The number of aliphatic hydroxyl groups is 1. The van der Waals surface area contributed by atoms with Crippen molar-refractivity contribution in [2.75, 3.05) is 6.54 Å². The molecule has 1 amide bonds. The molecular weight excluding hydrogens is 198 g/mol. The van der Waals surface area contributed by atoms with E-state index in [0.717, 1.165) is 0 Å². The monoisotopic (exact) mass is 213 g/mol. The van der Waals surface area contributed by atoms with E-state index in [4.69, 9.17) is 5.11 Å². The van der Waals surface area contributed by atoms with Gasteiger partial charge in [-0.25, -0.2) is 4.79 Å². The number of nitrogens with zero attached hydrogens (tertiary/aromatic N) is 1. The van der Waals surface area contributed by atoms with E-state index < -0.39 is 18.1 Å². The Hall–Kier alpha value is -1.36. The molecule has 15 heavy (non-hydrogen) atoms. The van der Waals surface area contributed by atoms with Gasteiger partial charge in [0.25, 0.3) is 0 Å². The quantitative estimate of drug-likeness (QED) is 0.644. The van der Waals surface area contributed by atoms with Crippen molar-refractivity contribution in [1.82, 2.24) is 4.90 Å². The minimum Gasteiger partial charge on any atom is -0.480 e. The summed E-state index contributed by atoms with van der Waals surface area (Å²) in [6.07, 6.45) is 1.78. The van der Waals surface area contributed by atoms with E-state index in [-0.39, 0.29) is 25.3 Å². The van der Waals surface area contributed by atoms with Crippen LogP contribution in [0.4, 0.5) is 0 Å². The van der Waals surface area contributed by atoms with E-state index in [0.29, 0.717) is 6.42 Å². The molecule has 2 atom stereocenters. The van der Waals surface area contributed by atoms with Gasteiger partial charge in [-0.05, 0) is 6.42 Å². The molecule has 0 radical (unpaired) electrons. The molecule has 1 saturated heterocycles. The summed E-state index contributed by atoms with van der Waals surface area (Å²) in [7, 11) is 0. The molecule has 5 nitrogen and oxygen atoms in total. The minimum atomic E-state index is -1.06. The van der Waals surface area contributed by atoms with Gasteiger partial charge in [0.2, 0.25) is 5.91 Å². The van der Waals surface area contributed by atoms with Crippen LogP contribution >= 0.6 is 0 Å². The Kier molecular flexibility index (Phi) is 3.85. The summed E-state index contributed by atoms with van der Waals surface area (Å²) in [6, 6.07) is -0.877. The van der Waals surface area contributed by atoms with Gasteiger partial charge in [0, 0.05) is 19.4 Å². The van der Waals surface area contributed by atoms with Crippen LogP contribution in [0.1, 0.15) is 19.3 Å². The van der Waals surface area contributed by atoms with Crippen LogP contribution < -0.4 is 0 Å². The number of allylic oxidation sites excluding steroid dienone is 1. The molecule has 0 saturated carbocycles. The third-order valence-electron chi connectivity index (χ3n) is 2.45. The molecular formula is C10H15NO4. The van der Waals surface area contributed by atoms with Gasteiger partial charge in [-0.1, -0.05) is 6.08 Å². The third kappa shape index (κ3) is 2.79. The van der Waals surface area contributed by atoms with Crippen LogP contribution in [0.15, 0.2) is 12.7 Å². The highest BCUT2D eigenvalue weighted by Crippen LogP contribution is 2.19. The summed E-state index contributed by atoms with van der Waals surface area (Å²) in [6.45, 7) is 3.61. The molecule has 5 heteroatoms. The number of carboxylic acids is 1. The van der Waals surface area contributed by atoms with E-state index in [1.807, 2.05) is 0 Å². The molecule has 1 heterocycles. The van der Waals surface area contributed by atoms with E-state index in [2.05, 4.69) is 6.58 Å². The number of aliphatic hydroxyl groups excluding tert-OH is 1. The second-order valence-electron chi connectivity index (χ2n) is 3.62. The standard InChI is InChI=1S/C10H15NO4/c1-2-3-4-9(13)11-6-7(12)5-8(11)10(14)15/h2,7-8,12H,1,3-6H2,(H,14,15). The van der Waals surface area contributed by atoms with Gasteiger partial charge in [-0.3, -0.25) is 4.79 Å². The Balaban J connectivity index is 2.62. The largest absolute Gasteiger partial charge is 0.480 e. The van der Waals surface area contributed by atoms with E-state index >= 15 is 0 Å². The van der Waals surface area contributed by atoms with Crippen molar-refractivity contribution >= 4 is 11.9 Å². The fourth-order valence-electron chi connectivity index (χ4n) is 1.69. The first-order valence-corrected chi connectivity index (χ1v) is 4.87. The molecule has 1 aliphatic heterocycles. The number of hydrogen-bond donors (Lipinski definition) is 2. The number of β-amino-alcohol motifs (C(OH)–C–C–N with tert-alkyl or cyclic N) is 1. The molecule has 2 unspecified atom stereocenters. The zero-order valence-electron chi connectivity index (χ0n) is 8.43. The van der Waals surface area contributed by atoms with Crippen molar-refractivity contribution in [1.29, 1.82) is 0 Å². The van der Waals surface area contributed by atoms with E-state index in [1.54, 1.807) is 6.08 Å². The minimum absolute atomic E-state index is 0.118. The van der Waals surface area contributed by atoms with Crippen molar-refractivity contribution in [3.63, 3.8) is 0 Å². The zero-order valence-corrected chi connectivity index (χ0v) is 8.43. The molecule has 0 spiro atoms. The summed E-state index contributed by atoms with van der Waals surface area (Å²) in [5.74, 6) is -1.29. The highest BCUT2D eigenvalue weighted by atomic mass is 16.4. The highest BCUT2D eigenvalue weighted by Gasteiger charge is 2.38. The Morgan fingerprint density at radius 3 is 2.73 bits per heavy atom. The maximum atomic E-state index is 11.6. The van der Waals surface area contributed by atoms with Gasteiger partial charge in [0.15, 0.2) is 0 Å². The normalized spacial score (nSPS) is 25.3. The SMILES string of the molecule is C=CCCC(=O)N1CC(O)CC1C(=O)O. The van der Waals surface area contributed by atoms with Crippen LogP contribution in [0.3, 0.4) is 0 Å². The van der Waals surface area contributed by atoms with E-state index in [1.165, 1.54) is 4.90 Å². The van der Waals surface area contributed by atoms with Crippen molar-refractivity contribution in [3.05, 3.63) is 12.7 Å². The molecule has 1 fully saturated rings. The summed E-state index contributed by atoms with van der Waals surface area (Å²) < 4.78 is 0. The number of amides is 1. The predicted octanol–water partition coefficient (Wildman–Crippen LogP) is -0.00100. The fourth-order valence-corrected chi connectivity index (χ4v) is 1.69. The van der Waals surface area contributed by atoms with Gasteiger partial charge in [0.1, 0.15) is 6.04 Å².